The van der Waals surface area contributed by atoms with Gasteiger partial charge in [-0.15, -0.1) is 0 Å². The summed E-state index contributed by atoms with van der Waals surface area (Å²) in [6.07, 6.45) is -2.36. The third-order valence-corrected chi connectivity index (χ3v) is 12.0. The molecule has 5 atom stereocenters. The lowest BCUT2D eigenvalue weighted by atomic mass is 9.87. The molecule has 0 spiro atoms. The number of rotatable bonds is 22. The molecule has 0 aliphatic carbocycles. The lowest BCUT2D eigenvalue weighted by molar-refractivity contribution is -0.275. The second-order valence-corrected chi connectivity index (χ2v) is 16.9. The number of hydrogen-bond donors (Lipinski definition) is 1. The fourth-order valence-corrected chi connectivity index (χ4v) is 8.40. The van der Waals surface area contributed by atoms with E-state index in [0.29, 0.717) is 52.6 Å². The van der Waals surface area contributed by atoms with Crippen molar-refractivity contribution in [2.24, 2.45) is 5.73 Å². The third-order valence-electron chi connectivity index (χ3n) is 12.0. The highest BCUT2D eigenvalue weighted by atomic mass is 16.6. The number of nitrogens with two attached hydrogens (primary N) is 1. The molecule has 1 aliphatic heterocycles. The van der Waals surface area contributed by atoms with Crippen LogP contribution in [0.3, 0.4) is 0 Å². The first-order valence-corrected chi connectivity index (χ1v) is 23.0. The maximum Gasteiger partial charge on any atom is 0.126 e. The molecule has 1 fully saturated rings. The van der Waals surface area contributed by atoms with Crippen molar-refractivity contribution in [2.45, 2.75) is 83.8 Å². The van der Waals surface area contributed by atoms with E-state index >= 15 is 0 Å². The van der Waals surface area contributed by atoms with Gasteiger partial charge in [0.2, 0.25) is 0 Å². The maximum atomic E-state index is 7.45. The van der Waals surface area contributed by atoms with E-state index in [1.807, 2.05) is 97.1 Å². The van der Waals surface area contributed by atoms with Crippen molar-refractivity contribution in [1.29, 1.82) is 0 Å². The largest absolute Gasteiger partial charge is 0.492 e. The summed E-state index contributed by atoms with van der Waals surface area (Å²) in [7, 11) is 0. The van der Waals surface area contributed by atoms with Gasteiger partial charge >= 0.3 is 0 Å². The fourth-order valence-electron chi connectivity index (χ4n) is 8.40. The van der Waals surface area contributed by atoms with Crippen LogP contribution >= 0.6 is 0 Å². The highest BCUT2D eigenvalue weighted by molar-refractivity contribution is 5.48. The first kappa shape index (κ1) is 46.4. The summed E-state index contributed by atoms with van der Waals surface area (Å²) in [6.45, 7) is 7.24. The Labute approximate surface area is 390 Å². The van der Waals surface area contributed by atoms with E-state index < -0.39 is 30.5 Å². The van der Waals surface area contributed by atoms with Gasteiger partial charge in [0, 0.05) is 12.1 Å². The Hall–Kier alpha value is -6.10. The van der Waals surface area contributed by atoms with Gasteiger partial charge in [-0.2, -0.15) is 0 Å². The monoisotopic (exact) mass is 883 g/mol. The second-order valence-electron chi connectivity index (χ2n) is 16.9. The minimum absolute atomic E-state index is 0.248. The molecule has 1 aliphatic rings. The molecule has 1 saturated heterocycles. The molecule has 0 aromatic heterocycles. The van der Waals surface area contributed by atoms with Crippen LogP contribution in [0.2, 0.25) is 0 Å². The Morgan fingerprint density at radius 1 is 0.470 bits per heavy atom. The van der Waals surface area contributed by atoms with Crippen molar-refractivity contribution in [1.82, 2.24) is 0 Å². The zero-order chi connectivity index (χ0) is 45.3. The second kappa shape index (κ2) is 23.9. The molecule has 8 rings (SSSR count). The number of aryl methyl sites for hydroxylation is 2. The smallest absolute Gasteiger partial charge is 0.126 e. The Balaban J connectivity index is 1.23. The SMILES string of the molecule is Cc1cc(OCCN)ccc1Cc1cc([C@@H]2O[C@H](COCc3ccccc3)[C@@H](OCc3ccccc3)[C@H](OCc3ccccc3)[C@H]2OCc2ccccc2)c(OCc2ccccc2)cc1C. The maximum absolute atomic E-state index is 7.45. The van der Waals surface area contributed by atoms with Crippen molar-refractivity contribution in [2.75, 3.05) is 19.8 Å². The number of benzene rings is 7. The summed E-state index contributed by atoms with van der Waals surface area (Å²) in [5, 5.41) is 0. The van der Waals surface area contributed by atoms with E-state index in [9.17, 15) is 0 Å². The molecule has 0 amide bonds. The van der Waals surface area contributed by atoms with Gasteiger partial charge in [-0.3, -0.25) is 0 Å². The van der Waals surface area contributed by atoms with Gasteiger partial charge in [-0.1, -0.05) is 158 Å². The van der Waals surface area contributed by atoms with E-state index in [0.717, 1.165) is 61.6 Å². The van der Waals surface area contributed by atoms with Crippen LogP contribution in [0.4, 0.5) is 0 Å². The topological polar surface area (TPSA) is 90.6 Å². The Morgan fingerprint density at radius 2 is 0.955 bits per heavy atom. The van der Waals surface area contributed by atoms with Gasteiger partial charge in [-0.05, 0) is 94.6 Å². The number of ether oxygens (including phenoxy) is 7. The molecule has 7 aromatic carbocycles. The van der Waals surface area contributed by atoms with E-state index in [1.165, 1.54) is 5.56 Å². The van der Waals surface area contributed by atoms with Gasteiger partial charge in [0.05, 0.1) is 33.0 Å². The minimum Gasteiger partial charge on any atom is -0.492 e. The normalized spacial score (nSPS) is 18.2. The predicted octanol–water partition coefficient (Wildman–Crippen LogP) is 11.2. The molecule has 2 N–H and O–H groups in total. The third kappa shape index (κ3) is 12.8. The van der Waals surface area contributed by atoms with E-state index in [2.05, 4.69) is 98.8 Å². The standard InChI is InChI=1S/C58H61NO7/c1-42-32-51(61-31-30-59)29-28-49(42)34-50-35-52(53(33-43(50)2)62-37-45-20-10-4-11-21-45)55-57(64-39-47-24-14-6-15-25-47)58(65-40-48-26-16-7-17-27-48)56(63-38-46-22-12-5-13-23-46)54(66-55)41-60-36-44-18-8-3-9-19-44/h3-29,32-33,35,54-58H,30-31,34,36-41,59H2,1-2H3/t54-,55+,56-,57+,58+/m1/s1. The zero-order valence-electron chi connectivity index (χ0n) is 38.0. The highest BCUT2D eigenvalue weighted by Crippen LogP contribution is 2.43. The summed E-state index contributed by atoms with van der Waals surface area (Å²) in [5.74, 6) is 1.53. The molecule has 340 valence electrons. The Bertz CT molecular complexity index is 2510. The summed E-state index contributed by atoms with van der Waals surface area (Å²) >= 11 is 0. The highest BCUT2D eigenvalue weighted by Gasteiger charge is 2.50. The molecule has 0 saturated carbocycles. The molecule has 7 aromatic rings. The van der Waals surface area contributed by atoms with Crippen molar-refractivity contribution in [3.05, 3.63) is 238 Å². The van der Waals surface area contributed by atoms with Gasteiger partial charge in [0.25, 0.3) is 0 Å². The molecule has 0 bridgehead atoms. The van der Waals surface area contributed by atoms with Crippen molar-refractivity contribution >= 4 is 0 Å². The molecule has 8 nitrogen and oxygen atoms in total. The van der Waals surface area contributed by atoms with Gasteiger partial charge in [-0.25, -0.2) is 0 Å². The molecular weight excluding hydrogens is 823 g/mol. The number of hydrogen-bond acceptors (Lipinski definition) is 8. The lowest BCUT2D eigenvalue weighted by Gasteiger charge is -2.46. The Morgan fingerprint density at radius 3 is 1.48 bits per heavy atom. The minimum atomic E-state index is -0.658. The van der Waals surface area contributed by atoms with Gasteiger partial charge in [0.1, 0.15) is 55.2 Å². The van der Waals surface area contributed by atoms with E-state index in [4.69, 9.17) is 38.9 Å². The summed E-state index contributed by atoms with van der Waals surface area (Å²) in [6, 6.07) is 61.8. The molecular formula is C58H61NO7. The van der Waals surface area contributed by atoms with E-state index in [-0.39, 0.29) is 6.61 Å². The summed E-state index contributed by atoms with van der Waals surface area (Å²) in [4.78, 5) is 0. The first-order valence-electron chi connectivity index (χ1n) is 23.0. The van der Waals surface area contributed by atoms with Crippen LogP contribution in [0.15, 0.2) is 182 Å². The first-order chi connectivity index (χ1) is 32.5. The molecule has 1 heterocycles. The lowest BCUT2D eigenvalue weighted by Crippen LogP contribution is -2.58. The molecule has 0 radical (unpaired) electrons. The van der Waals surface area contributed by atoms with Crippen molar-refractivity contribution < 1.29 is 33.2 Å². The van der Waals surface area contributed by atoms with Crippen LogP contribution in [0.25, 0.3) is 0 Å². The van der Waals surface area contributed by atoms with Crippen LogP contribution in [0.1, 0.15) is 61.7 Å². The molecule has 8 heteroatoms. The van der Waals surface area contributed by atoms with Crippen LogP contribution in [-0.2, 0) is 63.1 Å². The average molecular weight is 884 g/mol. The van der Waals surface area contributed by atoms with Crippen LogP contribution < -0.4 is 15.2 Å². The fraction of sp³-hybridized carbons (Fsp3) is 0.276. The van der Waals surface area contributed by atoms with E-state index in [1.54, 1.807) is 0 Å². The van der Waals surface area contributed by atoms with Gasteiger partial charge < -0.3 is 38.9 Å². The van der Waals surface area contributed by atoms with Crippen LogP contribution in [0.5, 0.6) is 11.5 Å². The predicted molar refractivity (Wildman–Crippen MR) is 259 cm³/mol. The average Bonchev–Trinajstić information content (AvgIpc) is 3.36. The van der Waals surface area contributed by atoms with Crippen LogP contribution in [-0.4, -0.2) is 44.2 Å². The van der Waals surface area contributed by atoms with Crippen LogP contribution in [0, 0.1) is 13.8 Å². The van der Waals surface area contributed by atoms with Crippen molar-refractivity contribution in [3.8, 4) is 11.5 Å². The van der Waals surface area contributed by atoms with Gasteiger partial charge in [0.15, 0.2) is 0 Å². The zero-order valence-corrected chi connectivity index (χ0v) is 38.0. The molecule has 0 unspecified atom stereocenters. The van der Waals surface area contributed by atoms with Crippen molar-refractivity contribution in [3.63, 3.8) is 0 Å². The Kier molecular flexibility index (Phi) is 16.8. The summed E-state index contributed by atoms with van der Waals surface area (Å²) < 4.78 is 48.0. The summed E-state index contributed by atoms with van der Waals surface area (Å²) in [5.41, 5.74) is 16.4. The molecule has 66 heavy (non-hydrogen) atoms. The quantitative estimate of drug-likeness (QED) is 0.0720.